The second kappa shape index (κ2) is 3.79. The van der Waals surface area contributed by atoms with E-state index in [0.717, 1.165) is 19.5 Å². The van der Waals surface area contributed by atoms with Gasteiger partial charge in [0, 0.05) is 19.1 Å². The third kappa shape index (κ3) is 1.81. The third-order valence-electron chi connectivity index (χ3n) is 3.18. The van der Waals surface area contributed by atoms with Crippen LogP contribution in [-0.2, 0) is 10.0 Å². The van der Waals surface area contributed by atoms with Crippen LogP contribution >= 0.6 is 0 Å². The molecular formula is C9H18N2O2S. The topological polar surface area (TPSA) is 49.4 Å². The summed E-state index contributed by atoms with van der Waals surface area (Å²) in [4.78, 5) is 0. The molecule has 2 saturated heterocycles. The quantitative estimate of drug-likeness (QED) is 0.726. The number of hydrogen-bond acceptors (Lipinski definition) is 3. The van der Waals surface area contributed by atoms with E-state index in [1.54, 1.807) is 4.31 Å². The van der Waals surface area contributed by atoms with E-state index in [9.17, 15) is 8.42 Å². The monoisotopic (exact) mass is 218 g/mol. The van der Waals surface area contributed by atoms with Crippen molar-refractivity contribution >= 4 is 10.0 Å². The first kappa shape index (κ1) is 10.4. The minimum absolute atomic E-state index is 0.298. The standard InChI is InChI=1S/C9H18N2O2S/c1-2-5-14(12,13)11-6-8-3-4-10-9(8)7-11/h8-10H,2-7H2,1H3. The first-order valence-corrected chi connectivity index (χ1v) is 6.95. The van der Waals surface area contributed by atoms with Gasteiger partial charge in [-0.05, 0) is 25.3 Å². The molecule has 0 spiro atoms. The van der Waals surface area contributed by atoms with E-state index >= 15 is 0 Å². The summed E-state index contributed by atoms with van der Waals surface area (Å²) in [6.45, 7) is 4.39. The number of fused-ring (bicyclic) bond motifs is 1. The van der Waals surface area contributed by atoms with Crippen LogP contribution in [0.4, 0.5) is 0 Å². The highest BCUT2D eigenvalue weighted by Crippen LogP contribution is 2.26. The molecule has 2 heterocycles. The summed E-state index contributed by atoms with van der Waals surface area (Å²) >= 11 is 0. The van der Waals surface area contributed by atoms with Crippen molar-refractivity contribution in [3.63, 3.8) is 0 Å². The lowest BCUT2D eigenvalue weighted by Gasteiger charge is -2.16. The Hall–Kier alpha value is -0.130. The molecule has 0 aromatic carbocycles. The van der Waals surface area contributed by atoms with Crippen LogP contribution in [0.15, 0.2) is 0 Å². The molecule has 5 heteroatoms. The summed E-state index contributed by atoms with van der Waals surface area (Å²) in [5.41, 5.74) is 0. The fourth-order valence-electron chi connectivity index (χ4n) is 2.42. The Kier molecular flexibility index (Phi) is 2.81. The van der Waals surface area contributed by atoms with Crippen molar-refractivity contribution in [2.45, 2.75) is 25.8 Å². The highest BCUT2D eigenvalue weighted by molar-refractivity contribution is 7.89. The molecule has 2 fully saturated rings. The van der Waals surface area contributed by atoms with Gasteiger partial charge in [-0.15, -0.1) is 0 Å². The summed E-state index contributed by atoms with van der Waals surface area (Å²) in [6, 6.07) is 0.418. The highest BCUT2D eigenvalue weighted by Gasteiger charge is 2.40. The van der Waals surface area contributed by atoms with Crippen LogP contribution in [-0.4, -0.2) is 44.2 Å². The summed E-state index contributed by atoms with van der Waals surface area (Å²) in [5.74, 6) is 0.855. The number of hydrogen-bond donors (Lipinski definition) is 1. The fraction of sp³-hybridized carbons (Fsp3) is 1.00. The van der Waals surface area contributed by atoms with Gasteiger partial charge >= 0.3 is 0 Å². The molecule has 0 radical (unpaired) electrons. The lowest BCUT2D eigenvalue weighted by molar-refractivity contribution is 0.447. The molecule has 2 aliphatic heterocycles. The molecular weight excluding hydrogens is 200 g/mol. The highest BCUT2D eigenvalue weighted by atomic mass is 32.2. The number of nitrogens with one attached hydrogen (secondary N) is 1. The largest absolute Gasteiger partial charge is 0.312 e. The van der Waals surface area contributed by atoms with E-state index in [2.05, 4.69) is 5.32 Å². The predicted octanol–water partition coefficient (Wildman–Crippen LogP) is 0.0199. The van der Waals surface area contributed by atoms with Crippen LogP contribution in [0.5, 0.6) is 0 Å². The van der Waals surface area contributed by atoms with Crippen LogP contribution in [0, 0.1) is 5.92 Å². The summed E-state index contributed by atoms with van der Waals surface area (Å²) in [5, 5.41) is 3.36. The maximum Gasteiger partial charge on any atom is 0.214 e. The van der Waals surface area contributed by atoms with Gasteiger partial charge in [-0.2, -0.15) is 0 Å². The van der Waals surface area contributed by atoms with Crippen LogP contribution < -0.4 is 5.32 Å². The normalized spacial score (nSPS) is 33.5. The Labute approximate surface area is 85.7 Å². The molecule has 1 N–H and O–H groups in total. The zero-order chi connectivity index (χ0) is 10.2. The molecule has 0 amide bonds. The molecule has 2 unspecified atom stereocenters. The maximum atomic E-state index is 11.8. The Balaban J connectivity index is 2.02. The van der Waals surface area contributed by atoms with E-state index in [4.69, 9.17) is 0 Å². The van der Waals surface area contributed by atoms with Gasteiger partial charge in [-0.3, -0.25) is 0 Å². The van der Waals surface area contributed by atoms with Crippen molar-refractivity contribution in [3.8, 4) is 0 Å². The minimum atomic E-state index is -2.96. The van der Waals surface area contributed by atoms with Crippen molar-refractivity contribution in [3.05, 3.63) is 0 Å². The van der Waals surface area contributed by atoms with Crippen LogP contribution in [0.25, 0.3) is 0 Å². The minimum Gasteiger partial charge on any atom is -0.312 e. The van der Waals surface area contributed by atoms with E-state index in [0.29, 0.717) is 30.7 Å². The van der Waals surface area contributed by atoms with Gasteiger partial charge in [0.25, 0.3) is 0 Å². The summed E-state index contributed by atoms with van der Waals surface area (Å²) in [6.07, 6.45) is 1.84. The van der Waals surface area contributed by atoms with Gasteiger partial charge in [0.15, 0.2) is 0 Å². The van der Waals surface area contributed by atoms with Crippen molar-refractivity contribution in [2.24, 2.45) is 5.92 Å². The summed E-state index contributed by atoms with van der Waals surface area (Å²) < 4.78 is 25.2. The molecule has 0 saturated carbocycles. The van der Waals surface area contributed by atoms with Crippen molar-refractivity contribution < 1.29 is 8.42 Å². The summed E-state index contributed by atoms with van der Waals surface area (Å²) in [7, 11) is -2.96. The molecule has 0 aromatic rings. The zero-order valence-corrected chi connectivity index (χ0v) is 9.39. The van der Waals surface area contributed by atoms with Crippen molar-refractivity contribution in [1.29, 1.82) is 0 Å². The zero-order valence-electron chi connectivity index (χ0n) is 8.57. The van der Waals surface area contributed by atoms with E-state index < -0.39 is 10.0 Å². The maximum absolute atomic E-state index is 11.8. The average Bonchev–Trinajstić information content (AvgIpc) is 2.60. The molecule has 2 rings (SSSR count). The lowest BCUT2D eigenvalue weighted by Crippen LogP contribution is -2.35. The fourth-order valence-corrected chi connectivity index (χ4v) is 4.00. The van der Waals surface area contributed by atoms with Crippen LogP contribution in [0.3, 0.4) is 0 Å². The molecule has 0 aromatic heterocycles. The van der Waals surface area contributed by atoms with E-state index in [-0.39, 0.29) is 0 Å². The smallest absolute Gasteiger partial charge is 0.214 e. The molecule has 2 aliphatic rings. The first-order valence-electron chi connectivity index (χ1n) is 5.34. The van der Waals surface area contributed by atoms with Gasteiger partial charge in [0.1, 0.15) is 0 Å². The molecule has 4 nitrogen and oxygen atoms in total. The lowest BCUT2D eigenvalue weighted by atomic mass is 10.1. The molecule has 2 atom stereocenters. The van der Waals surface area contributed by atoms with E-state index in [1.165, 1.54) is 0 Å². The van der Waals surface area contributed by atoms with Gasteiger partial charge < -0.3 is 5.32 Å². The average molecular weight is 218 g/mol. The molecule has 82 valence electrons. The van der Waals surface area contributed by atoms with Gasteiger partial charge in [0.2, 0.25) is 10.0 Å². The number of nitrogens with zero attached hydrogens (tertiary/aromatic N) is 1. The molecule has 0 aliphatic carbocycles. The van der Waals surface area contributed by atoms with Gasteiger partial charge in [-0.1, -0.05) is 6.92 Å². The number of rotatable bonds is 3. The van der Waals surface area contributed by atoms with Gasteiger partial charge in [-0.25, -0.2) is 12.7 Å². The van der Waals surface area contributed by atoms with Gasteiger partial charge in [0.05, 0.1) is 5.75 Å². The SMILES string of the molecule is CCCS(=O)(=O)N1CC2CCNC2C1. The Morgan fingerprint density at radius 3 is 2.86 bits per heavy atom. The number of sulfonamides is 1. The van der Waals surface area contributed by atoms with Crippen LogP contribution in [0.1, 0.15) is 19.8 Å². The second-order valence-electron chi connectivity index (χ2n) is 4.24. The van der Waals surface area contributed by atoms with E-state index in [1.807, 2.05) is 6.92 Å². The van der Waals surface area contributed by atoms with Crippen LogP contribution in [0.2, 0.25) is 0 Å². The Bertz CT molecular complexity index is 290. The third-order valence-corrected chi connectivity index (χ3v) is 5.19. The first-order chi connectivity index (χ1) is 6.63. The Morgan fingerprint density at radius 2 is 2.21 bits per heavy atom. The van der Waals surface area contributed by atoms with Crippen molar-refractivity contribution in [1.82, 2.24) is 9.62 Å². The molecule has 14 heavy (non-hydrogen) atoms. The Morgan fingerprint density at radius 1 is 1.43 bits per heavy atom. The van der Waals surface area contributed by atoms with Crippen molar-refractivity contribution in [2.75, 3.05) is 25.4 Å². The predicted molar refractivity (Wildman–Crippen MR) is 55.5 cm³/mol. The molecule has 0 bridgehead atoms. The second-order valence-corrected chi connectivity index (χ2v) is 6.33.